The van der Waals surface area contributed by atoms with Gasteiger partial charge in [0.1, 0.15) is 5.75 Å². The molecule has 0 radical (unpaired) electrons. The average molecular weight is 234 g/mol. The molecule has 1 atom stereocenters. The van der Waals surface area contributed by atoms with Gasteiger partial charge in [-0.15, -0.1) is 0 Å². The number of carbonyl (C=O) groups is 3. The summed E-state index contributed by atoms with van der Waals surface area (Å²) in [5.74, 6) is -1.69. The highest BCUT2D eigenvalue weighted by Gasteiger charge is 2.24. The lowest BCUT2D eigenvalue weighted by atomic mass is 10.1. The largest absolute Gasteiger partial charge is 0.479 e. The van der Waals surface area contributed by atoms with Crippen molar-refractivity contribution in [2.24, 2.45) is 5.73 Å². The maximum atomic E-state index is 11.4. The summed E-state index contributed by atoms with van der Waals surface area (Å²) in [7, 11) is 0. The van der Waals surface area contributed by atoms with Gasteiger partial charge in [-0.05, 0) is 25.1 Å². The lowest BCUT2D eigenvalue weighted by Crippen LogP contribution is -2.34. The molecule has 2 amide bonds. The van der Waals surface area contributed by atoms with Gasteiger partial charge in [0.05, 0.1) is 5.69 Å². The first-order valence-corrected chi connectivity index (χ1v) is 4.94. The summed E-state index contributed by atoms with van der Waals surface area (Å²) >= 11 is 0. The van der Waals surface area contributed by atoms with Crippen LogP contribution in [0.25, 0.3) is 0 Å². The average Bonchev–Trinajstić information content (AvgIpc) is 2.29. The first kappa shape index (κ1) is 11.1. The molecule has 1 unspecified atom stereocenters. The lowest BCUT2D eigenvalue weighted by molar-refractivity contribution is -0.122. The highest BCUT2D eigenvalue weighted by molar-refractivity contribution is 6.42. The highest BCUT2D eigenvalue weighted by Crippen LogP contribution is 2.30. The quantitative estimate of drug-likeness (QED) is 0.559. The van der Waals surface area contributed by atoms with Crippen LogP contribution in [0.2, 0.25) is 0 Å². The minimum Gasteiger partial charge on any atom is -0.479 e. The Morgan fingerprint density at radius 2 is 2.12 bits per heavy atom. The van der Waals surface area contributed by atoms with Crippen molar-refractivity contribution >= 4 is 23.3 Å². The summed E-state index contributed by atoms with van der Waals surface area (Å²) in [6.07, 6.45) is -0.583. The SMILES string of the molecule is CC1Oc2ccc(C(=O)C(N)=O)cc2NC1=O. The van der Waals surface area contributed by atoms with Crippen LogP contribution in [0.4, 0.5) is 5.69 Å². The third kappa shape index (κ3) is 1.96. The fourth-order valence-corrected chi connectivity index (χ4v) is 1.49. The van der Waals surface area contributed by atoms with E-state index in [0.717, 1.165) is 0 Å². The number of nitrogens with two attached hydrogens (primary N) is 1. The lowest BCUT2D eigenvalue weighted by Gasteiger charge is -2.23. The van der Waals surface area contributed by atoms with Crippen LogP contribution in [0, 0.1) is 0 Å². The molecule has 2 rings (SSSR count). The zero-order valence-corrected chi connectivity index (χ0v) is 9.02. The van der Waals surface area contributed by atoms with Crippen molar-refractivity contribution in [3.05, 3.63) is 23.8 Å². The van der Waals surface area contributed by atoms with Crippen molar-refractivity contribution in [1.29, 1.82) is 0 Å². The maximum Gasteiger partial charge on any atom is 0.289 e. The summed E-state index contributed by atoms with van der Waals surface area (Å²) in [5, 5.41) is 2.58. The van der Waals surface area contributed by atoms with E-state index >= 15 is 0 Å². The number of hydrogen-bond donors (Lipinski definition) is 2. The molecule has 1 aromatic carbocycles. The number of amides is 2. The van der Waals surface area contributed by atoms with Gasteiger partial charge in [0.25, 0.3) is 11.8 Å². The molecule has 6 heteroatoms. The van der Waals surface area contributed by atoms with Crippen LogP contribution in [0.5, 0.6) is 5.75 Å². The van der Waals surface area contributed by atoms with Crippen LogP contribution < -0.4 is 15.8 Å². The molecular weight excluding hydrogens is 224 g/mol. The minimum atomic E-state index is -1.04. The summed E-state index contributed by atoms with van der Waals surface area (Å²) in [4.78, 5) is 33.4. The second kappa shape index (κ2) is 3.89. The minimum absolute atomic E-state index is 0.120. The van der Waals surface area contributed by atoms with E-state index in [-0.39, 0.29) is 11.5 Å². The van der Waals surface area contributed by atoms with Crippen molar-refractivity contribution < 1.29 is 19.1 Å². The molecule has 0 fully saturated rings. The number of primary amides is 1. The number of anilines is 1. The Balaban J connectivity index is 2.38. The van der Waals surface area contributed by atoms with E-state index in [1.54, 1.807) is 6.92 Å². The Hall–Kier alpha value is -2.37. The molecule has 1 aliphatic rings. The van der Waals surface area contributed by atoms with Crippen LogP contribution in [-0.4, -0.2) is 23.7 Å². The van der Waals surface area contributed by atoms with Gasteiger partial charge in [0.2, 0.25) is 5.78 Å². The predicted molar refractivity (Wildman–Crippen MR) is 58.7 cm³/mol. The fourth-order valence-electron chi connectivity index (χ4n) is 1.49. The monoisotopic (exact) mass is 234 g/mol. The smallest absolute Gasteiger partial charge is 0.289 e. The second-order valence-electron chi connectivity index (χ2n) is 3.65. The first-order valence-electron chi connectivity index (χ1n) is 4.94. The van der Waals surface area contributed by atoms with Crippen LogP contribution in [0.15, 0.2) is 18.2 Å². The van der Waals surface area contributed by atoms with Gasteiger partial charge in [-0.2, -0.15) is 0 Å². The third-order valence-electron chi connectivity index (χ3n) is 2.40. The van der Waals surface area contributed by atoms with Gasteiger partial charge in [0.15, 0.2) is 6.10 Å². The summed E-state index contributed by atoms with van der Waals surface area (Å²) in [6, 6.07) is 4.31. The molecule has 6 nitrogen and oxygen atoms in total. The number of rotatable bonds is 2. The molecule has 3 N–H and O–H groups in total. The molecule has 1 aromatic rings. The standard InChI is InChI=1S/C11H10N2O4/c1-5-11(16)13-7-4-6(9(14)10(12)15)2-3-8(7)17-5/h2-5H,1H3,(H2,12,15)(H,13,16). The molecule has 0 aliphatic carbocycles. The molecule has 0 aromatic heterocycles. The molecule has 0 spiro atoms. The molecule has 1 aliphatic heterocycles. The number of nitrogens with one attached hydrogen (secondary N) is 1. The molecule has 88 valence electrons. The van der Waals surface area contributed by atoms with Crippen LogP contribution in [-0.2, 0) is 9.59 Å². The van der Waals surface area contributed by atoms with Gasteiger partial charge >= 0.3 is 0 Å². The van der Waals surface area contributed by atoms with E-state index < -0.39 is 17.8 Å². The summed E-state index contributed by atoms with van der Waals surface area (Å²) in [6.45, 7) is 1.61. The Labute approximate surface area is 96.7 Å². The third-order valence-corrected chi connectivity index (χ3v) is 2.40. The van der Waals surface area contributed by atoms with Crippen LogP contribution in [0.3, 0.4) is 0 Å². The Kier molecular flexibility index (Phi) is 2.55. The number of carbonyl (C=O) groups excluding carboxylic acids is 3. The summed E-state index contributed by atoms with van der Waals surface area (Å²) < 4.78 is 5.30. The zero-order valence-electron chi connectivity index (χ0n) is 9.02. The van der Waals surface area contributed by atoms with E-state index in [4.69, 9.17) is 10.5 Å². The van der Waals surface area contributed by atoms with Gasteiger partial charge in [0, 0.05) is 5.56 Å². The molecule has 17 heavy (non-hydrogen) atoms. The molecule has 0 bridgehead atoms. The van der Waals surface area contributed by atoms with Crippen molar-refractivity contribution in [3.8, 4) is 5.75 Å². The number of hydrogen-bond acceptors (Lipinski definition) is 4. The van der Waals surface area contributed by atoms with Crippen molar-refractivity contribution in [3.63, 3.8) is 0 Å². The van der Waals surface area contributed by atoms with E-state index in [1.807, 2.05) is 0 Å². The van der Waals surface area contributed by atoms with Gasteiger partial charge in [-0.3, -0.25) is 14.4 Å². The van der Waals surface area contributed by atoms with E-state index in [1.165, 1.54) is 18.2 Å². The van der Waals surface area contributed by atoms with Crippen molar-refractivity contribution in [2.45, 2.75) is 13.0 Å². The van der Waals surface area contributed by atoms with Gasteiger partial charge in [-0.25, -0.2) is 0 Å². The number of benzene rings is 1. The Morgan fingerprint density at radius 3 is 2.76 bits per heavy atom. The highest BCUT2D eigenvalue weighted by atomic mass is 16.5. The van der Waals surface area contributed by atoms with Crippen LogP contribution >= 0.6 is 0 Å². The van der Waals surface area contributed by atoms with E-state index in [2.05, 4.69) is 5.32 Å². The Bertz CT molecular complexity index is 524. The fraction of sp³-hybridized carbons (Fsp3) is 0.182. The number of fused-ring (bicyclic) bond motifs is 1. The normalized spacial score (nSPS) is 17.7. The Morgan fingerprint density at radius 1 is 1.41 bits per heavy atom. The number of ether oxygens (including phenoxy) is 1. The maximum absolute atomic E-state index is 11.4. The number of ketones is 1. The zero-order chi connectivity index (χ0) is 12.6. The van der Waals surface area contributed by atoms with Gasteiger partial charge < -0.3 is 15.8 Å². The molecule has 0 saturated carbocycles. The second-order valence-corrected chi connectivity index (χ2v) is 3.65. The van der Waals surface area contributed by atoms with Crippen LogP contribution in [0.1, 0.15) is 17.3 Å². The van der Waals surface area contributed by atoms with Gasteiger partial charge in [-0.1, -0.05) is 0 Å². The number of Topliss-reactive ketones (excluding diaryl/α,β-unsaturated/α-hetero) is 1. The van der Waals surface area contributed by atoms with E-state index in [9.17, 15) is 14.4 Å². The molecular formula is C11H10N2O4. The first-order chi connectivity index (χ1) is 7.99. The summed E-state index contributed by atoms with van der Waals surface area (Å²) in [5.41, 5.74) is 5.37. The molecule has 1 heterocycles. The van der Waals surface area contributed by atoms with Crippen molar-refractivity contribution in [1.82, 2.24) is 0 Å². The predicted octanol–water partition coefficient (Wildman–Crippen LogP) is 0.0740. The van der Waals surface area contributed by atoms with E-state index in [0.29, 0.717) is 11.4 Å². The molecule has 0 saturated heterocycles. The van der Waals surface area contributed by atoms with Crippen molar-refractivity contribution in [2.75, 3.05) is 5.32 Å². The topological polar surface area (TPSA) is 98.5 Å².